The first-order valence-electron chi connectivity index (χ1n) is 10.9. The van der Waals surface area contributed by atoms with Gasteiger partial charge in [-0.2, -0.15) is 0 Å². The van der Waals surface area contributed by atoms with Crippen LogP contribution in [0.15, 0.2) is 23.6 Å². The zero-order valence-corrected chi connectivity index (χ0v) is 19.4. The number of aromatic nitrogens is 1. The van der Waals surface area contributed by atoms with Crippen molar-refractivity contribution in [1.29, 1.82) is 0 Å². The number of nitrogens with zero attached hydrogens (tertiary/aromatic N) is 3. The molecular weight excluding hydrogens is 418 g/mol. The Hall–Kier alpha value is -1.47. The van der Waals surface area contributed by atoms with Crippen molar-refractivity contribution in [2.24, 2.45) is 0 Å². The summed E-state index contributed by atoms with van der Waals surface area (Å²) in [5, 5.41) is 3.81. The Labute approximate surface area is 188 Å². The number of morpholine rings is 1. The average Bonchev–Trinajstić information content (AvgIpc) is 3.26. The van der Waals surface area contributed by atoms with Crippen LogP contribution in [0.1, 0.15) is 53.3 Å². The Balaban J connectivity index is 1.37. The normalized spacial score (nSPS) is 19.4. The number of rotatable bonds is 5. The van der Waals surface area contributed by atoms with Crippen molar-refractivity contribution in [3.8, 4) is 0 Å². The van der Waals surface area contributed by atoms with Gasteiger partial charge in [0.05, 0.1) is 23.8 Å². The van der Waals surface area contributed by atoms with Gasteiger partial charge in [-0.05, 0) is 36.8 Å². The highest BCUT2D eigenvalue weighted by Gasteiger charge is 2.41. The van der Waals surface area contributed by atoms with Gasteiger partial charge >= 0.3 is 0 Å². The molecule has 2 aliphatic heterocycles. The summed E-state index contributed by atoms with van der Waals surface area (Å²) < 4.78 is 6.24. The van der Waals surface area contributed by atoms with Crippen molar-refractivity contribution in [2.75, 3.05) is 32.8 Å². The molecule has 5 nitrogen and oxygen atoms in total. The Morgan fingerprint density at radius 1 is 1.20 bits per heavy atom. The Morgan fingerprint density at radius 2 is 1.97 bits per heavy atom. The predicted octanol–water partition coefficient (Wildman–Crippen LogP) is 4.43. The molecule has 0 radical (unpaired) electrons. The molecule has 0 unspecified atom stereocenters. The third kappa shape index (κ3) is 4.57. The Kier molecular flexibility index (Phi) is 6.78. The number of hydrogen-bond acceptors (Lipinski definition) is 5. The number of halogens is 1. The molecule has 7 heteroatoms. The molecular formula is C23H30ClN3O2S. The number of piperidine rings is 1. The molecule has 30 heavy (non-hydrogen) atoms. The maximum atomic E-state index is 12.9. The van der Waals surface area contributed by atoms with Crippen LogP contribution in [0.3, 0.4) is 0 Å². The lowest BCUT2D eigenvalue weighted by Crippen LogP contribution is -2.58. The molecule has 0 bridgehead atoms. The summed E-state index contributed by atoms with van der Waals surface area (Å²) in [6, 6.07) is 6.33. The van der Waals surface area contributed by atoms with Gasteiger partial charge < -0.3 is 9.64 Å². The van der Waals surface area contributed by atoms with E-state index in [9.17, 15) is 4.79 Å². The van der Waals surface area contributed by atoms with Crippen molar-refractivity contribution in [3.63, 3.8) is 0 Å². The summed E-state index contributed by atoms with van der Waals surface area (Å²) in [5.74, 6) is 0.0409. The quantitative estimate of drug-likeness (QED) is 0.680. The standard InChI is InChI=1S/C23H30ClN3O2S/c1-3-17-6-5-7-18(21(17)24)14-26-10-8-23(9-11-26)16-27(12-13-29-23)22(28)19-15-30-20(4-2)25-19/h5-7,15H,3-4,8-14,16H2,1-2H3. The number of hydrogen-bond donors (Lipinski definition) is 0. The van der Waals surface area contributed by atoms with Crippen LogP contribution >= 0.6 is 22.9 Å². The first kappa shape index (κ1) is 21.8. The fraction of sp³-hybridized carbons (Fsp3) is 0.565. The molecule has 3 heterocycles. The van der Waals surface area contributed by atoms with Gasteiger partial charge in [-0.3, -0.25) is 9.69 Å². The van der Waals surface area contributed by atoms with Crippen molar-refractivity contribution in [1.82, 2.24) is 14.8 Å². The number of likely N-dealkylation sites (tertiary alicyclic amines) is 1. The molecule has 0 atom stereocenters. The first-order chi connectivity index (χ1) is 14.5. The number of carbonyl (C=O) groups excluding carboxylic acids is 1. The lowest BCUT2D eigenvalue weighted by Gasteiger charge is -2.47. The summed E-state index contributed by atoms with van der Waals surface area (Å²) in [6.45, 7) is 8.86. The third-order valence-corrected chi connectivity index (χ3v) is 7.79. The molecule has 0 aliphatic carbocycles. The largest absolute Gasteiger partial charge is 0.371 e. The highest BCUT2D eigenvalue weighted by molar-refractivity contribution is 7.09. The van der Waals surface area contributed by atoms with Crippen molar-refractivity contribution < 1.29 is 9.53 Å². The molecule has 162 valence electrons. The van der Waals surface area contributed by atoms with E-state index in [1.54, 1.807) is 11.3 Å². The molecule has 0 saturated carbocycles. The Bertz CT molecular complexity index is 892. The minimum atomic E-state index is -0.233. The average molecular weight is 448 g/mol. The maximum absolute atomic E-state index is 12.9. The van der Waals surface area contributed by atoms with Crippen molar-refractivity contribution >= 4 is 28.8 Å². The van der Waals surface area contributed by atoms with Gasteiger partial charge in [-0.15, -0.1) is 11.3 Å². The number of aryl methyl sites for hydroxylation is 2. The van der Waals surface area contributed by atoms with Crippen LogP contribution in [-0.2, 0) is 24.1 Å². The predicted molar refractivity (Wildman–Crippen MR) is 121 cm³/mol. The highest BCUT2D eigenvalue weighted by Crippen LogP contribution is 2.32. The van der Waals surface area contributed by atoms with Crippen molar-refractivity contribution in [3.05, 3.63) is 50.4 Å². The van der Waals surface area contributed by atoms with Crippen LogP contribution in [0, 0.1) is 0 Å². The summed E-state index contributed by atoms with van der Waals surface area (Å²) in [5.41, 5.74) is 2.75. The van der Waals surface area contributed by atoms with Crippen molar-refractivity contribution in [2.45, 2.75) is 51.7 Å². The lowest BCUT2D eigenvalue weighted by atomic mass is 9.89. The van der Waals surface area contributed by atoms with E-state index < -0.39 is 0 Å². The maximum Gasteiger partial charge on any atom is 0.273 e. The van der Waals surface area contributed by atoms with Crippen LogP contribution in [0.5, 0.6) is 0 Å². The fourth-order valence-electron chi connectivity index (χ4n) is 4.44. The number of thiazole rings is 1. The number of amides is 1. The smallest absolute Gasteiger partial charge is 0.273 e. The summed E-state index contributed by atoms with van der Waals surface area (Å²) >= 11 is 8.16. The first-order valence-corrected chi connectivity index (χ1v) is 12.2. The van der Waals surface area contributed by atoms with Gasteiger partial charge in [0.15, 0.2) is 0 Å². The monoisotopic (exact) mass is 447 g/mol. The van der Waals surface area contributed by atoms with Gasteiger partial charge in [-0.1, -0.05) is 43.6 Å². The van der Waals surface area contributed by atoms with E-state index in [4.69, 9.17) is 16.3 Å². The molecule has 1 aromatic carbocycles. The summed E-state index contributed by atoms with van der Waals surface area (Å²) in [7, 11) is 0. The van der Waals surface area contributed by atoms with E-state index in [1.807, 2.05) is 10.3 Å². The fourth-order valence-corrected chi connectivity index (χ4v) is 5.48. The SMILES string of the molecule is CCc1nc(C(=O)N2CCOC3(CCN(Cc4cccc(CC)c4Cl)CC3)C2)cs1. The molecule has 4 rings (SSSR count). The van der Waals surface area contributed by atoms with E-state index in [0.717, 1.165) is 55.3 Å². The van der Waals surface area contributed by atoms with Crippen LogP contribution in [-0.4, -0.2) is 59.1 Å². The van der Waals surface area contributed by atoms with E-state index in [2.05, 4.69) is 41.9 Å². The van der Waals surface area contributed by atoms with E-state index in [0.29, 0.717) is 25.4 Å². The zero-order chi connectivity index (χ0) is 21.1. The second kappa shape index (κ2) is 9.35. The molecule has 1 spiro atoms. The van der Waals surface area contributed by atoms with E-state index >= 15 is 0 Å². The molecule has 0 N–H and O–H groups in total. The lowest BCUT2D eigenvalue weighted by molar-refractivity contribution is -0.128. The van der Waals surface area contributed by atoms with Crippen LogP contribution in [0.4, 0.5) is 0 Å². The van der Waals surface area contributed by atoms with E-state index in [1.165, 1.54) is 11.1 Å². The molecule has 1 amide bonds. The number of benzene rings is 1. The van der Waals surface area contributed by atoms with Gasteiger partial charge in [0.2, 0.25) is 0 Å². The summed E-state index contributed by atoms with van der Waals surface area (Å²) in [6.07, 6.45) is 3.68. The topological polar surface area (TPSA) is 45.7 Å². The van der Waals surface area contributed by atoms with Gasteiger partial charge in [0.1, 0.15) is 5.69 Å². The second-order valence-corrected chi connectivity index (χ2v) is 9.58. The van der Waals surface area contributed by atoms with Crippen LogP contribution < -0.4 is 0 Å². The van der Waals surface area contributed by atoms with E-state index in [-0.39, 0.29) is 11.5 Å². The minimum absolute atomic E-state index is 0.0409. The molecule has 2 aliphatic rings. The number of carbonyl (C=O) groups is 1. The number of ether oxygens (including phenoxy) is 1. The molecule has 1 aromatic heterocycles. The molecule has 2 fully saturated rings. The minimum Gasteiger partial charge on any atom is -0.371 e. The van der Waals surface area contributed by atoms with Crippen LogP contribution in [0.2, 0.25) is 5.02 Å². The van der Waals surface area contributed by atoms with Crippen LogP contribution in [0.25, 0.3) is 0 Å². The van der Waals surface area contributed by atoms with Gasteiger partial charge in [0.25, 0.3) is 5.91 Å². The highest BCUT2D eigenvalue weighted by atomic mass is 35.5. The molecule has 2 saturated heterocycles. The zero-order valence-electron chi connectivity index (χ0n) is 17.8. The Morgan fingerprint density at radius 3 is 2.67 bits per heavy atom. The van der Waals surface area contributed by atoms with Gasteiger partial charge in [0, 0.05) is 36.6 Å². The van der Waals surface area contributed by atoms with Gasteiger partial charge in [-0.25, -0.2) is 4.98 Å². The third-order valence-electron chi connectivity index (χ3n) is 6.31. The molecule has 2 aromatic rings. The second-order valence-electron chi connectivity index (χ2n) is 8.26. The summed E-state index contributed by atoms with van der Waals surface area (Å²) in [4.78, 5) is 21.8.